The highest BCUT2D eigenvalue weighted by Crippen LogP contribution is 2.33. The van der Waals surface area contributed by atoms with Gasteiger partial charge in [-0.25, -0.2) is 5.01 Å². The van der Waals surface area contributed by atoms with Crippen LogP contribution in [0, 0.1) is 0 Å². The number of halogens is 1. The summed E-state index contributed by atoms with van der Waals surface area (Å²) in [7, 11) is 0. The summed E-state index contributed by atoms with van der Waals surface area (Å²) < 4.78 is 5.60. The smallest absolute Gasteiger partial charge is 0.298 e. The van der Waals surface area contributed by atoms with E-state index in [1.54, 1.807) is 11.3 Å². The van der Waals surface area contributed by atoms with Crippen LogP contribution >= 0.6 is 11.6 Å². The van der Waals surface area contributed by atoms with Crippen LogP contribution in [0.3, 0.4) is 0 Å². The van der Waals surface area contributed by atoms with Crippen LogP contribution in [0.4, 0.5) is 0 Å². The standard InChI is InChI=1S/C23H22ClN3O2/c1-16(17-6-3-2-4-7-17)25-15-23(28)27-21(22-8-5-13-29-22)14-20(26-27)18-9-11-19(24)12-10-18/h2-13,16,21,25H,14-15H2,1H3/p+1/t16-,21-/m1/s1. The van der Waals surface area contributed by atoms with Gasteiger partial charge in [0.25, 0.3) is 5.91 Å². The predicted molar refractivity (Wildman–Crippen MR) is 113 cm³/mol. The number of amides is 1. The van der Waals surface area contributed by atoms with Gasteiger partial charge in [0.1, 0.15) is 17.8 Å². The van der Waals surface area contributed by atoms with E-state index in [2.05, 4.69) is 24.2 Å². The topological polar surface area (TPSA) is 62.4 Å². The van der Waals surface area contributed by atoms with Crippen molar-refractivity contribution in [1.29, 1.82) is 0 Å². The summed E-state index contributed by atoms with van der Waals surface area (Å²) in [5.41, 5.74) is 3.00. The molecule has 0 spiro atoms. The van der Waals surface area contributed by atoms with E-state index in [1.165, 1.54) is 5.56 Å². The Morgan fingerprint density at radius 3 is 2.62 bits per heavy atom. The van der Waals surface area contributed by atoms with Crippen molar-refractivity contribution in [3.05, 3.63) is 94.9 Å². The first-order valence-electron chi connectivity index (χ1n) is 9.69. The van der Waals surface area contributed by atoms with E-state index in [0.29, 0.717) is 18.0 Å². The molecule has 0 aliphatic carbocycles. The van der Waals surface area contributed by atoms with Gasteiger partial charge in [-0.05, 0) is 36.8 Å². The first-order valence-corrected chi connectivity index (χ1v) is 10.1. The lowest BCUT2D eigenvalue weighted by molar-refractivity contribution is -0.683. The molecular weight excluding hydrogens is 386 g/mol. The number of hydrogen-bond acceptors (Lipinski definition) is 3. The number of nitrogens with zero attached hydrogens (tertiary/aromatic N) is 2. The summed E-state index contributed by atoms with van der Waals surface area (Å²) in [6, 6.07) is 21.4. The molecule has 5 nitrogen and oxygen atoms in total. The van der Waals surface area contributed by atoms with Crippen molar-refractivity contribution in [3.8, 4) is 0 Å². The van der Waals surface area contributed by atoms with Crippen LogP contribution < -0.4 is 5.32 Å². The number of hydrogen-bond donors (Lipinski definition) is 1. The van der Waals surface area contributed by atoms with Crippen molar-refractivity contribution in [2.24, 2.45) is 5.10 Å². The van der Waals surface area contributed by atoms with Gasteiger partial charge in [0, 0.05) is 17.0 Å². The molecule has 2 heterocycles. The number of hydrazone groups is 1. The summed E-state index contributed by atoms with van der Waals surface area (Å²) in [5, 5.41) is 8.93. The molecule has 0 radical (unpaired) electrons. The minimum absolute atomic E-state index is 0.0434. The fourth-order valence-corrected chi connectivity index (χ4v) is 3.65. The van der Waals surface area contributed by atoms with Crippen molar-refractivity contribution in [3.63, 3.8) is 0 Å². The molecule has 2 atom stereocenters. The number of carbonyl (C=O) groups excluding carboxylic acids is 1. The lowest BCUT2D eigenvalue weighted by Crippen LogP contribution is -2.86. The van der Waals surface area contributed by atoms with E-state index in [0.717, 1.165) is 17.0 Å². The third-order valence-corrected chi connectivity index (χ3v) is 5.44. The Morgan fingerprint density at radius 1 is 1.17 bits per heavy atom. The third kappa shape index (κ3) is 4.42. The quantitative estimate of drug-likeness (QED) is 0.671. The molecule has 3 aromatic rings. The van der Waals surface area contributed by atoms with Crippen LogP contribution in [-0.2, 0) is 4.79 Å². The first kappa shape index (κ1) is 19.4. The van der Waals surface area contributed by atoms with Crippen molar-refractivity contribution in [1.82, 2.24) is 5.01 Å². The molecule has 4 rings (SSSR count). The number of quaternary nitrogens is 1. The number of carbonyl (C=O) groups is 1. The van der Waals surface area contributed by atoms with Gasteiger partial charge in [0.2, 0.25) is 0 Å². The van der Waals surface area contributed by atoms with Gasteiger partial charge >= 0.3 is 0 Å². The normalized spacial score (nSPS) is 17.2. The molecule has 0 fully saturated rings. The Balaban J connectivity index is 1.51. The van der Waals surface area contributed by atoms with Gasteiger partial charge in [-0.15, -0.1) is 0 Å². The summed E-state index contributed by atoms with van der Waals surface area (Å²) in [5.74, 6) is 0.695. The van der Waals surface area contributed by atoms with Gasteiger partial charge in [0.15, 0.2) is 6.54 Å². The average molecular weight is 409 g/mol. The van der Waals surface area contributed by atoms with E-state index < -0.39 is 0 Å². The second-order valence-electron chi connectivity index (χ2n) is 7.17. The molecule has 1 aliphatic heterocycles. The van der Waals surface area contributed by atoms with Crippen LogP contribution in [0.5, 0.6) is 0 Å². The van der Waals surface area contributed by atoms with Crippen molar-refractivity contribution >= 4 is 23.2 Å². The van der Waals surface area contributed by atoms with E-state index in [-0.39, 0.29) is 18.0 Å². The van der Waals surface area contributed by atoms with Crippen molar-refractivity contribution in [2.45, 2.75) is 25.4 Å². The fraction of sp³-hybridized carbons (Fsp3) is 0.217. The monoisotopic (exact) mass is 408 g/mol. The Bertz CT molecular complexity index is 985. The Morgan fingerprint density at radius 2 is 1.93 bits per heavy atom. The molecule has 148 valence electrons. The van der Waals surface area contributed by atoms with Crippen LogP contribution in [0.15, 0.2) is 82.5 Å². The highest BCUT2D eigenvalue weighted by molar-refractivity contribution is 6.30. The Kier molecular flexibility index (Phi) is 5.79. The van der Waals surface area contributed by atoms with Crippen LogP contribution in [0.25, 0.3) is 0 Å². The number of rotatable bonds is 6. The zero-order chi connectivity index (χ0) is 20.2. The second-order valence-corrected chi connectivity index (χ2v) is 7.60. The van der Waals surface area contributed by atoms with E-state index >= 15 is 0 Å². The van der Waals surface area contributed by atoms with Gasteiger partial charge in [-0.2, -0.15) is 5.10 Å². The molecule has 0 saturated carbocycles. The molecular formula is C23H23ClN3O2+. The van der Waals surface area contributed by atoms with Gasteiger partial charge in [-0.3, -0.25) is 4.79 Å². The lowest BCUT2D eigenvalue weighted by Gasteiger charge is -2.20. The molecule has 1 amide bonds. The van der Waals surface area contributed by atoms with Gasteiger partial charge in [-0.1, -0.05) is 54.1 Å². The molecule has 2 N–H and O–H groups in total. The first-order chi connectivity index (χ1) is 14.1. The number of benzene rings is 2. The van der Waals surface area contributed by atoms with Gasteiger partial charge < -0.3 is 9.73 Å². The van der Waals surface area contributed by atoms with E-state index in [1.807, 2.05) is 59.9 Å². The number of nitrogens with two attached hydrogens (primary N) is 1. The zero-order valence-electron chi connectivity index (χ0n) is 16.2. The maximum absolute atomic E-state index is 13.0. The molecule has 2 aromatic carbocycles. The average Bonchev–Trinajstić information content (AvgIpc) is 3.43. The maximum Gasteiger partial charge on any atom is 0.298 e. The third-order valence-electron chi connectivity index (χ3n) is 5.19. The second kappa shape index (κ2) is 8.64. The van der Waals surface area contributed by atoms with E-state index in [4.69, 9.17) is 16.0 Å². The largest absolute Gasteiger partial charge is 0.467 e. The lowest BCUT2D eigenvalue weighted by atomic mass is 10.0. The summed E-state index contributed by atoms with van der Waals surface area (Å²) in [6.45, 7) is 2.41. The Labute approximate surface area is 175 Å². The van der Waals surface area contributed by atoms with Gasteiger partial charge in [0.05, 0.1) is 12.0 Å². The minimum atomic E-state index is -0.233. The molecule has 6 heteroatoms. The SMILES string of the molecule is C[C@@H]([NH2+]CC(=O)N1N=C(c2ccc(Cl)cc2)C[C@@H]1c1ccco1)c1ccccc1. The van der Waals surface area contributed by atoms with Crippen LogP contribution in [-0.4, -0.2) is 23.2 Å². The summed E-state index contributed by atoms with van der Waals surface area (Å²) in [6.07, 6.45) is 2.23. The molecule has 0 saturated heterocycles. The maximum atomic E-state index is 13.0. The van der Waals surface area contributed by atoms with E-state index in [9.17, 15) is 4.79 Å². The fourth-order valence-electron chi connectivity index (χ4n) is 3.52. The highest BCUT2D eigenvalue weighted by Gasteiger charge is 2.35. The molecule has 1 aliphatic rings. The van der Waals surface area contributed by atoms with Crippen molar-refractivity contribution < 1.29 is 14.5 Å². The molecule has 0 bridgehead atoms. The highest BCUT2D eigenvalue weighted by atomic mass is 35.5. The molecule has 0 unspecified atom stereocenters. The molecule has 29 heavy (non-hydrogen) atoms. The molecule has 1 aromatic heterocycles. The zero-order valence-corrected chi connectivity index (χ0v) is 16.9. The van der Waals surface area contributed by atoms with Crippen LogP contribution in [0.1, 0.15) is 42.3 Å². The summed E-state index contributed by atoms with van der Waals surface area (Å²) in [4.78, 5) is 13.0. The minimum Gasteiger partial charge on any atom is -0.467 e. The summed E-state index contributed by atoms with van der Waals surface area (Å²) >= 11 is 6.01. The van der Waals surface area contributed by atoms with Crippen LogP contribution in [0.2, 0.25) is 5.02 Å². The van der Waals surface area contributed by atoms with Crippen molar-refractivity contribution in [2.75, 3.05) is 6.54 Å². The Hall–Kier alpha value is -2.89. The number of furan rings is 1. The predicted octanol–water partition coefficient (Wildman–Crippen LogP) is 3.94.